The van der Waals surface area contributed by atoms with E-state index in [0.29, 0.717) is 0 Å². The van der Waals surface area contributed by atoms with Crippen LogP contribution in [0.4, 0.5) is 8.78 Å². The summed E-state index contributed by atoms with van der Waals surface area (Å²) in [5, 5.41) is 0. The summed E-state index contributed by atoms with van der Waals surface area (Å²) in [6.45, 7) is 2.32. The SMILES string of the molecule is CCC[C@H]1CC[C@H]([C@H]2CC[C@H](C=CCCc3ccc(F)c(F)c3)CC2)CC1. The summed E-state index contributed by atoms with van der Waals surface area (Å²) in [6, 6.07) is 4.24. The topological polar surface area (TPSA) is 0 Å². The van der Waals surface area contributed by atoms with Crippen molar-refractivity contribution >= 4 is 0 Å². The van der Waals surface area contributed by atoms with Gasteiger partial charge in [-0.2, -0.15) is 0 Å². The van der Waals surface area contributed by atoms with Crippen LogP contribution >= 0.6 is 0 Å². The van der Waals surface area contributed by atoms with Gasteiger partial charge in [-0.15, -0.1) is 0 Å². The lowest BCUT2D eigenvalue weighted by Crippen LogP contribution is -2.25. The van der Waals surface area contributed by atoms with Crippen LogP contribution in [0.5, 0.6) is 0 Å². The molecule has 0 unspecified atom stereocenters. The van der Waals surface area contributed by atoms with Crippen LogP contribution in [0.25, 0.3) is 0 Å². The first-order valence-electron chi connectivity index (χ1n) is 11.3. The second-order valence-corrected chi connectivity index (χ2v) is 8.96. The first-order chi connectivity index (χ1) is 13.2. The Morgan fingerprint density at radius 1 is 0.889 bits per heavy atom. The Balaban J connectivity index is 1.34. The molecule has 2 aliphatic carbocycles. The van der Waals surface area contributed by atoms with Crippen molar-refractivity contribution in [2.24, 2.45) is 23.7 Å². The predicted molar refractivity (Wildman–Crippen MR) is 110 cm³/mol. The average Bonchev–Trinajstić information content (AvgIpc) is 2.69. The highest BCUT2D eigenvalue weighted by atomic mass is 19.2. The van der Waals surface area contributed by atoms with Crippen LogP contribution in [0.2, 0.25) is 0 Å². The highest BCUT2D eigenvalue weighted by molar-refractivity contribution is 5.18. The lowest BCUT2D eigenvalue weighted by molar-refractivity contribution is 0.152. The molecule has 3 rings (SSSR count). The Kier molecular flexibility index (Phi) is 7.91. The van der Waals surface area contributed by atoms with Gasteiger partial charge in [0.15, 0.2) is 11.6 Å². The van der Waals surface area contributed by atoms with Gasteiger partial charge in [0, 0.05) is 0 Å². The first-order valence-corrected chi connectivity index (χ1v) is 11.3. The largest absolute Gasteiger partial charge is 0.204 e. The number of hydrogen-bond acceptors (Lipinski definition) is 0. The fourth-order valence-electron chi connectivity index (χ4n) is 5.40. The number of allylic oxidation sites excluding steroid dienone is 2. The van der Waals surface area contributed by atoms with E-state index < -0.39 is 11.6 Å². The summed E-state index contributed by atoms with van der Waals surface area (Å²) < 4.78 is 26.2. The maximum Gasteiger partial charge on any atom is 0.159 e. The Bertz CT molecular complexity index is 590. The summed E-state index contributed by atoms with van der Waals surface area (Å²) in [7, 11) is 0. The van der Waals surface area contributed by atoms with Gasteiger partial charge >= 0.3 is 0 Å². The summed E-state index contributed by atoms with van der Waals surface area (Å²) in [5.41, 5.74) is 0.876. The van der Waals surface area contributed by atoms with Crippen LogP contribution in [-0.2, 0) is 6.42 Å². The van der Waals surface area contributed by atoms with Crippen molar-refractivity contribution < 1.29 is 8.78 Å². The Hall–Kier alpha value is -1.18. The quantitative estimate of drug-likeness (QED) is 0.426. The van der Waals surface area contributed by atoms with Gasteiger partial charge in [-0.25, -0.2) is 8.78 Å². The average molecular weight is 375 g/mol. The van der Waals surface area contributed by atoms with Gasteiger partial charge in [0.05, 0.1) is 0 Å². The minimum Gasteiger partial charge on any atom is -0.204 e. The molecular formula is C25H36F2. The van der Waals surface area contributed by atoms with Gasteiger partial charge in [0.2, 0.25) is 0 Å². The van der Waals surface area contributed by atoms with Crippen LogP contribution in [0.3, 0.4) is 0 Å². The molecule has 2 saturated carbocycles. The molecule has 27 heavy (non-hydrogen) atoms. The fraction of sp³-hybridized carbons (Fsp3) is 0.680. The lowest BCUT2D eigenvalue weighted by Gasteiger charge is -2.37. The molecule has 0 saturated heterocycles. The van der Waals surface area contributed by atoms with E-state index in [1.54, 1.807) is 6.07 Å². The van der Waals surface area contributed by atoms with Crippen molar-refractivity contribution in [2.45, 2.75) is 84.0 Å². The molecule has 2 fully saturated rings. The molecule has 0 amide bonds. The maximum atomic E-state index is 13.2. The Labute approximate surface area is 164 Å². The van der Waals surface area contributed by atoms with Crippen LogP contribution in [-0.4, -0.2) is 0 Å². The zero-order chi connectivity index (χ0) is 19.1. The Morgan fingerprint density at radius 3 is 2.19 bits per heavy atom. The first kappa shape index (κ1) is 20.6. The van der Waals surface area contributed by atoms with Gasteiger partial charge in [-0.05, 0) is 92.7 Å². The molecule has 2 heteroatoms. The third-order valence-electron chi connectivity index (χ3n) is 7.06. The van der Waals surface area contributed by atoms with E-state index in [4.69, 9.17) is 0 Å². The Morgan fingerprint density at radius 2 is 1.56 bits per heavy atom. The van der Waals surface area contributed by atoms with Crippen LogP contribution in [0, 0.1) is 35.3 Å². The number of hydrogen-bond donors (Lipinski definition) is 0. The predicted octanol–water partition coefficient (Wildman–Crippen LogP) is 7.87. The normalized spacial score (nSPS) is 29.3. The summed E-state index contributed by atoms with van der Waals surface area (Å²) >= 11 is 0. The summed E-state index contributed by atoms with van der Waals surface area (Å²) in [5.74, 6) is 2.21. The summed E-state index contributed by atoms with van der Waals surface area (Å²) in [6.07, 6.45) is 20.5. The summed E-state index contributed by atoms with van der Waals surface area (Å²) in [4.78, 5) is 0. The third-order valence-corrected chi connectivity index (χ3v) is 7.06. The van der Waals surface area contributed by atoms with E-state index in [1.807, 2.05) is 0 Å². The zero-order valence-electron chi connectivity index (χ0n) is 16.9. The minimum absolute atomic E-state index is 0.725. The van der Waals surface area contributed by atoms with Crippen LogP contribution < -0.4 is 0 Å². The lowest BCUT2D eigenvalue weighted by atomic mass is 9.68. The molecule has 0 bridgehead atoms. The van der Waals surface area contributed by atoms with Crippen molar-refractivity contribution in [3.05, 3.63) is 47.5 Å². The highest BCUT2D eigenvalue weighted by Gasteiger charge is 2.29. The third kappa shape index (κ3) is 6.16. The van der Waals surface area contributed by atoms with Crippen LogP contribution in [0.15, 0.2) is 30.4 Å². The fourth-order valence-corrected chi connectivity index (χ4v) is 5.40. The van der Waals surface area contributed by atoms with Crippen molar-refractivity contribution in [3.8, 4) is 0 Å². The number of benzene rings is 1. The van der Waals surface area contributed by atoms with E-state index in [9.17, 15) is 8.78 Å². The molecule has 0 aromatic heterocycles. The number of aryl methyl sites for hydroxylation is 1. The highest BCUT2D eigenvalue weighted by Crippen LogP contribution is 2.42. The van der Waals surface area contributed by atoms with E-state index >= 15 is 0 Å². The van der Waals surface area contributed by atoms with Gasteiger partial charge in [-0.1, -0.05) is 50.8 Å². The van der Waals surface area contributed by atoms with Crippen molar-refractivity contribution in [2.75, 3.05) is 0 Å². The molecular weight excluding hydrogens is 338 g/mol. The molecule has 1 aromatic rings. The second-order valence-electron chi connectivity index (χ2n) is 8.96. The maximum absolute atomic E-state index is 13.2. The van der Waals surface area contributed by atoms with Crippen molar-refractivity contribution in [1.82, 2.24) is 0 Å². The van der Waals surface area contributed by atoms with Crippen molar-refractivity contribution in [3.63, 3.8) is 0 Å². The molecule has 150 valence electrons. The molecule has 0 aliphatic heterocycles. The van der Waals surface area contributed by atoms with Gasteiger partial charge in [0.1, 0.15) is 0 Å². The molecule has 0 heterocycles. The van der Waals surface area contributed by atoms with E-state index in [1.165, 1.54) is 76.3 Å². The number of rotatable bonds is 7. The second kappa shape index (κ2) is 10.4. The molecule has 0 spiro atoms. The van der Waals surface area contributed by atoms with Gasteiger partial charge in [0.25, 0.3) is 0 Å². The molecule has 1 aromatic carbocycles. The van der Waals surface area contributed by atoms with Gasteiger partial charge < -0.3 is 0 Å². The van der Waals surface area contributed by atoms with Crippen LogP contribution in [0.1, 0.15) is 83.1 Å². The number of halogens is 2. The molecule has 0 radical (unpaired) electrons. The zero-order valence-corrected chi connectivity index (χ0v) is 16.9. The van der Waals surface area contributed by atoms with Crippen molar-refractivity contribution in [1.29, 1.82) is 0 Å². The standard InChI is InChI=1S/C25H36F2/c1-2-5-19-8-13-22(14-9-19)23-15-10-20(11-16-23)6-3-4-7-21-12-17-24(26)25(27)18-21/h3,6,12,17-20,22-23H,2,4-5,7-11,13-16H2,1H3/t19-,20-,22-,23-. The smallest absolute Gasteiger partial charge is 0.159 e. The molecule has 2 aliphatic rings. The van der Waals surface area contributed by atoms with E-state index in [0.717, 1.165) is 42.1 Å². The van der Waals surface area contributed by atoms with Gasteiger partial charge in [-0.3, -0.25) is 0 Å². The monoisotopic (exact) mass is 374 g/mol. The van der Waals surface area contributed by atoms with E-state index in [-0.39, 0.29) is 0 Å². The molecule has 0 atom stereocenters. The van der Waals surface area contributed by atoms with E-state index in [2.05, 4.69) is 19.1 Å². The molecule has 0 nitrogen and oxygen atoms in total. The minimum atomic E-state index is -0.759. The molecule has 0 N–H and O–H groups in total.